The normalized spacial score (nSPS) is 12.3. The molecular formula is C27H31F3O3S. The van der Waals surface area contributed by atoms with Gasteiger partial charge < -0.3 is 9.84 Å². The lowest BCUT2D eigenvalue weighted by atomic mass is 9.91. The van der Waals surface area contributed by atoms with Gasteiger partial charge in [0.25, 0.3) is 0 Å². The first-order valence-electron chi connectivity index (χ1n) is 11.6. The fourth-order valence-electron chi connectivity index (χ4n) is 3.69. The molecule has 3 aromatic rings. The summed E-state index contributed by atoms with van der Waals surface area (Å²) in [5.74, 6) is 0.581. The molecule has 2 aromatic carbocycles. The molecule has 34 heavy (non-hydrogen) atoms. The highest BCUT2D eigenvalue weighted by atomic mass is 32.1. The Labute approximate surface area is 202 Å². The third-order valence-corrected chi connectivity index (χ3v) is 6.91. The van der Waals surface area contributed by atoms with Crippen LogP contribution >= 0.6 is 11.3 Å². The van der Waals surface area contributed by atoms with Gasteiger partial charge >= 0.3 is 6.18 Å². The van der Waals surface area contributed by atoms with Crippen molar-refractivity contribution in [3.8, 4) is 16.9 Å². The van der Waals surface area contributed by atoms with Crippen molar-refractivity contribution in [2.45, 2.75) is 59.1 Å². The van der Waals surface area contributed by atoms with Crippen LogP contribution in [0.3, 0.4) is 0 Å². The van der Waals surface area contributed by atoms with Crippen molar-refractivity contribution < 1.29 is 23.0 Å². The van der Waals surface area contributed by atoms with Crippen LogP contribution < -0.4 is 9.48 Å². The predicted octanol–water partition coefficient (Wildman–Crippen LogP) is 7.47. The van der Waals surface area contributed by atoms with Crippen molar-refractivity contribution in [3.63, 3.8) is 0 Å². The van der Waals surface area contributed by atoms with Crippen LogP contribution in [0.5, 0.6) is 5.75 Å². The molecule has 0 spiro atoms. The summed E-state index contributed by atoms with van der Waals surface area (Å²) in [5, 5.41) is 10.0. The molecule has 1 N–H and O–H groups in total. The minimum atomic E-state index is -4.55. The zero-order chi connectivity index (χ0) is 24.9. The van der Waals surface area contributed by atoms with E-state index in [1.807, 2.05) is 20.8 Å². The van der Waals surface area contributed by atoms with E-state index >= 15 is 0 Å². The summed E-state index contributed by atoms with van der Waals surface area (Å²) in [6.07, 6.45) is -0.520. The first-order chi connectivity index (χ1) is 16.0. The van der Waals surface area contributed by atoms with E-state index in [0.29, 0.717) is 40.8 Å². The minimum absolute atomic E-state index is 0.0537. The van der Waals surface area contributed by atoms with Crippen LogP contribution in [0.15, 0.2) is 47.3 Å². The van der Waals surface area contributed by atoms with Crippen LogP contribution in [-0.2, 0) is 12.6 Å². The maximum absolute atomic E-state index is 13.9. The molecule has 0 amide bonds. The summed E-state index contributed by atoms with van der Waals surface area (Å²) in [6.45, 7) is 6.39. The van der Waals surface area contributed by atoms with E-state index in [1.54, 1.807) is 24.3 Å². The second-order valence-electron chi connectivity index (χ2n) is 9.40. The number of alkyl halides is 3. The SMILES string of the molecule is CCCCCc1ccc(-c2cc3ccc(OCCC(C)(C)CO)cc3sc2=O)c(C(F)(F)F)c1. The van der Waals surface area contributed by atoms with Gasteiger partial charge in [0.2, 0.25) is 4.74 Å². The third kappa shape index (κ3) is 6.60. The van der Waals surface area contributed by atoms with Crippen molar-refractivity contribution in [2.24, 2.45) is 5.41 Å². The predicted molar refractivity (Wildman–Crippen MR) is 133 cm³/mol. The van der Waals surface area contributed by atoms with Gasteiger partial charge in [-0.2, -0.15) is 13.2 Å². The highest BCUT2D eigenvalue weighted by molar-refractivity contribution is 7.16. The maximum Gasteiger partial charge on any atom is 0.417 e. The standard InChI is InChI=1S/C27H31F3O3S/c1-4-5-6-7-18-8-11-21(23(14-18)27(28,29)30)22-15-19-9-10-20(16-24(19)34-25(22)32)33-13-12-26(2,3)17-31/h8-11,14-16,31H,4-7,12-13,17H2,1-3H3. The van der Waals surface area contributed by atoms with Crippen LogP contribution in [0.25, 0.3) is 21.2 Å². The molecule has 0 aliphatic carbocycles. The number of rotatable bonds is 10. The van der Waals surface area contributed by atoms with Gasteiger partial charge in [-0.05, 0) is 71.5 Å². The number of hydrogen-bond donors (Lipinski definition) is 1. The van der Waals surface area contributed by atoms with Gasteiger partial charge in [-0.1, -0.05) is 57.1 Å². The fourth-order valence-corrected chi connectivity index (χ4v) is 4.59. The summed E-state index contributed by atoms with van der Waals surface area (Å²) >= 11 is 0.918. The van der Waals surface area contributed by atoms with E-state index in [4.69, 9.17) is 4.74 Å². The van der Waals surface area contributed by atoms with Crippen molar-refractivity contribution in [1.82, 2.24) is 0 Å². The lowest BCUT2D eigenvalue weighted by Crippen LogP contribution is -2.19. The van der Waals surface area contributed by atoms with E-state index in [2.05, 4.69) is 0 Å². The quantitative estimate of drug-likeness (QED) is 0.299. The molecule has 1 heterocycles. The van der Waals surface area contributed by atoms with Gasteiger partial charge in [0.15, 0.2) is 0 Å². The Morgan fingerprint density at radius 2 is 1.76 bits per heavy atom. The van der Waals surface area contributed by atoms with E-state index < -0.39 is 16.5 Å². The van der Waals surface area contributed by atoms with E-state index in [0.717, 1.165) is 30.6 Å². The molecule has 0 saturated heterocycles. The molecule has 0 unspecified atom stereocenters. The molecule has 0 radical (unpaired) electrons. The molecule has 0 saturated carbocycles. The Morgan fingerprint density at radius 3 is 2.44 bits per heavy atom. The summed E-state index contributed by atoms with van der Waals surface area (Å²) in [7, 11) is 0. The average molecular weight is 493 g/mol. The van der Waals surface area contributed by atoms with Crippen molar-refractivity contribution in [3.05, 3.63) is 63.1 Å². The highest BCUT2D eigenvalue weighted by Gasteiger charge is 2.34. The van der Waals surface area contributed by atoms with Crippen molar-refractivity contribution in [1.29, 1.82) is 0 Å². The molecule has 0 fully saturated rings. The molecule has 0 aliphatic rings. The van der Waals surface area contributed by atoms with Crippen LogP contribution in [0, 0.1) is 5.41 Å². The lowest BCUT2D eigenvalue weighted by Gasteiger charge is -2.21. The summed E-state index contributed by atoms with van der Waals surface area (Å²) in [5.41, 5.74) is -0.410. The van der Waals surface area contributed by atoms with Gasteiger partial charge in [0.05, 0.1) is 12.2 Å². The molecule has 1 aromatic heterocycles. The monoisotopic (exact) mass is 492 g/mol. The Bertz CT molecular complexity index is 1180. The number of benzene rings is 2. The van der Waals surface area contributed by atoms with Crippen molar-refractivity contribution >= 4 is 21.4 Å². The molecule has 0 aliphatic heterocycles. The molecule has 7 heteroatoms. The lowest BCUT2D eigenvalue weighted by molar-refractivity contribution is -0.137. The number of fused-ring (bicyclic) bond motifs is 1. The topological polar surface area (TPSA) is 46.5 Å². The summed E-state index contributed by atoms with van der Waals surface area (Å²) < 4.78 is 47.7. The number of hydrogen-bond acceptors (Lipinski definition) is 4. The van der Waals surface area contributed by atoms with E-state index in [-0.39, 0.29) is 23.1 Å². The van der Waals surface area contributed by atoms with Gasteiger partial charge in [-0.25, -0.2) is 0 Å². The number of aliphatic hydroxyl groups excluding tert-OH is 1. The number of ether oxygens (including phenoxy) is 1. The van der Waals surface area contributed by atoms with Crippen LogP contribution in [0.4, 0.5) is 13.2 Å². The number of halogens is 3. The smallest absolute Gasteiger partial charge is 0.417 e. The van der Waals surface area contributed by atoms with Gasteiger partial charge in [-0.3, -0.25) is 4.79 Å². The molecule has 0 atom stereocenters. The highest BCUT2D eigenvalue weighted by Crippen LogP contribution is 2.38. The number of unbranched alkanes of at least 4 members (excludes halogenated alkanes) is 2. The first kappa shape index (κ1) is 26.2. The van der Waals surface area contributed by atoms with Gasteiger partial charge in [-0.15, -0.1) is 0 Å². The second kappa shape index (κ2) is 10.9. The Balaban J connectivity index is 1.92. The number of aryl methyl sites for hydroxylation is 1. The fraction of sp³-hybridized carbons (Fsp3) is 0.444. The van der Waals surface area contributed by atoms with E-state index in [9.17, 15) is 23.1 Å². The minimum Gasteiger partial charge on any atom is -0.494 e. The van der Waals surface area contributed by atoms with Crippen LogP contribution in [-0.4, -0.2) is 18.3 Å². The van der Waals surface area contributed by atoms with Crippen molar-refractivity contribution in [2.75, 3.05) is 13.2 Å². The third-order valence-electron chi connectivity index (χ3n) is 5.93. The number of aliphatic hydroxyl groups is 1. The molecular weight excluding hydrogens is 461 g/mol. The summed E-state index contributed by atoms with van der Waals surface area (Å²) in [6, 6.07) is 11.1. The Morgan fingerprint density at radius 1 is 1.00 bits per heavy atom. The van der Waals surface area contributed by atoms with E-state index in [1.165, 1.54) is 18.2 Å². The van der Waals surface area contributed by atoms with Crippen LogP contribution in [0.1, 0.15) is 57.6 Å². The molecule has 3 rings (SSSR count). The molecule has 0 bridgehead atoms. The van der Waals surface area contributed by atoms with Crippen LogP contribution in [0.2, 0.25) is 0 Å². The second-order valence-corrected chi connectivity index (χ2v) is 10.4. The van der Waals surface area contributed by atoms with Gasteiger partial charge in [0.1, 0.15) is 5.75 Å². The molecule has 184 valence electrons. The largest absolute Gasteiger partial charge is 0.494 e. The van der Waals surface area contributed by atoms with Gasteiger partial charge in [0, 0.05) is 16.9 Å². The Hall–Kier alpha value is -2.38. The maximum atomic E-state index is 13.9. The average Bonchev–Trinajstić information content (AvgIpc) is 2.78. The zero-order valence-electron chi connectivity index (χ0n) is 19.8. The molecule has 3 nitrogen and oxygen atoms in total. The summed E-state index contributed by atoms with van der Waals surface area (Å²) in [4.78, 5) is 12.9. The first-order valence-corrected chi connectivity index (χ1v) is 12.4. The Kier molecular flexibility index (Phi) is 8.42. The zero-order valence-corrected chi connectivity index (χ0v) is 20.6.